The van der Waals surface area contributed by atoms with Gasteiger partial charge in [0.05, 0.1) is 5.39 Å². The number of hydrogen-bond donors (Lipinski definition) is 0. The Labute approximate surface area is 317 Å². The quantitative estimate of drug-likeness (QED) is 0.162. The molecule has 258 valence electrons. The highest BCUT2D eigenvalue weighted by molar-refractivity contribution is 6.17. The maximum Gasteiger partial charge on any atom is 0.227 e. The van der Waals surface area contributed by atoms with Crippen LogP contribution in [-0.2, 0) is 0 Å². The molecule has 0 fully saturated rings. The molecule has 0 saturated carbocycles. The van der Waals surface area contributed by atoms with Crippen molar-refractivity contribution in [1.29, 1.82) is 0 Å². The van der Waals surface area contributed by atoms with Gasteiger partial charge in [-0.15, -0.1) is 0 Å². The Hall–Kier alpha value is -7.43. The fourth-order valence-electron chi connectivity index (χ4n) is 7.96. The number of aromatic nitrogens is 1. The highest BCUT2D eigenvalue weighted by Gasteiger charge is 2.19. The number of oxazole rings is 1. The Kier molecular flexibility index (Phi) is 7.14. The van der Waals surface area contributed by atoms with E-state index in [-0.39, 0.29) is 0 Å². The third kappa shape index (κ3) is 5.34. The van der Waals surface area contributed by atoms with Gasteiger partial charge in [0, 0.05) is 28.0 Å². The first-order valence-corrected chi connectivity index (χ1v) is 18.5. The van der Waals surface area contributed by atoms with E-state index in [1.54, 1.807) is 0 Å². The Balaban J connectivity index is 1.03. The fourth-order valence-corrected chi connectivity index (χ4v) is 7.96. The number of furan rings is 1. The second-order valence-corrected chi connectivity index (χ2v) is 14.0. The largest absolute Gasteiger partial charge is 0.456 e. The van der Waals surface area contributed by atoms with E-state index in [2.05, 4.69) is 157 Å². The van der Waals surface area contributed by atoms with Crippen LogP contribution in [0.15, 0.2) is 203 Å². The monoisotopic (exact) mass is 704 g/mol. The lowest BCUT2D eigenvalue weighted by Crippen LogP contribution is -2.10. The summed E-state index contributed by atoms with van der Waals surface area (Å²) in [5.41, 5.74) is 11.9. The van der Waals surface area contributed by atoms with E-state index < -0.39 is 0 Å². The van der Waals surface area contributed by atoms with Crippen LogP contribution in [0.4, 0.5) is 17.1 Å². The molecular formula is C51H32N2O2. The number of anilines is 3. The minimum absolute atomic E-state index is 0.600. The maximum atomic E-state index is 6.42. The Morgan fingerprint density at radius 3 is 1.82 bits per heavy atom. The predicted octanol–water partition coefficient (Wildman–Crippen LogP) is 14.5. The Bertz CT molecular complexity index is 3200. The smallest absolute Gasteiger partial charge is 0.227 e. The molecule has 9 aromatic carbocycles. The van der Waals surface area contributed by atoms with Gasteiger partial charge in [0.25, 0.3) is 0 Å². The van der Waals surface area contributed by atoms with Crippen LogP contribution in [-0.4, -0.2) is 4.98 Å². The maximum absolute atomic E-state index is 6.42. The number of rotatable bonds is 6. The molecule has 0 atom stereocenters. The summed E-state index contributed by atoms with van der Waals surface area (Å²) in [4.78, 5) is 7.17. The van der Waals surface area contributed by atoms with Gasteiger partial charge in [-0.2, -0.15) is 0 Å². The summed E-state index contributed by atoms with van der Waals surface area (Å²) in [5, 5.41) is 6.87. The van der Waals surface area contributed by atoms with Crippen molar-refractivity contribution >= 4 is 71.6 Å². The third-order valence-electron chi connectivity index (χ3n) is 10.7. The molecule has 2 heterocycles. The van der Waals surface area contributed by atoms with E-state index in [0.29, 0.717) is 5.89 Å². The van der Waals surface area contributed by atoms with E-state index in [9.17, 15) is 0 Å². The molecule has 2 aromatic heterocycles. The van der Waals surface area contributed by atoms with Gasteiger partial charge in [0.2, 0.25) is 5.89 Å². The molecule has 0 unspecified atom stereocenters. The second kappa shape index (κ2) is 12.6. The topological polar surface area (TPSA) is 42.4 Å². The number of hydrogen-bond acceptors (Lipinski definition) is 4. The van der Waals surface area contributed by atoms with E-state index in [1.165, 1.54) is 32.7 Å². The van der Waals surface area contributed by atoms with Gasteiger partial charge >= 0.3 is 0 Å². The van der Waals surface area contributed by atoms with Crippen molar-refractivity contribution < 1.29 is 8.83 Å². The average Bonchev–Trinajstić information content (AvgIpc) is 3.86. The summed E-state index contributed by atoms with van der Waals surface area (Å²) in [7, 11) is 0. The molecule has 0 radical (unpaired) electrons. The molecule has 0 saturated heterocycles. The second-order valence-electron chi connectivity index (χ2n) is 14.0. The summed E-state index contributed by atoms with van der Waals surface area (Å²) in [5.74, 6) is 0.600. The van der Waals surface area contributed by atoms with E-state index in [0.717, 1.165) is 66.8 Å². The predicted molar refractivity (Wildman–Crippen MR) is 227 cm³/mol. The highest BCUT2D eigenvalue weighted by Crippen LogP contribution is 2.41. The highest BCUT2D eigenvalue weighted by atomic mass is 16.4. The van der Waals surface area contributed by atoms with Crippen molar-refractivity contribution in [2.45, 2.75) is 0 Å². The zero-order valence-corrected chi connectivity index (χ0v) is 29.7. The molecule has 0 spiro atoms. The first-order chi connectivity index (χ1) is 27.2. The minimum Gasteiger partial charge on any atom is -0.456 e. The summed E-state index contributed by atoms with van der Waals surface area (Å²) in [6.07, 6.45) is 0. The van der Waals surface area contributed by atoms with Gasteiger partial charge < -0.3 is 13.7 Å². The average molecular weight is 705 g/mol. The molecule has 0 aliphatic carbocycles. The van der Waals surface area contributed by atoms with Gasteiger partial charge in [-0.25, -0.2) is 4.98 Å². The third-order valence-corrected chi connectivity index (χ3v) is 10.7. The normalized spacial score (nSPS) is 11.6. The first kappa shape index (κ1) is 31.1. The summed E-state index contributed by atoms with van der Waals surface area (Å²) in [6.45, 7) is 0. The first-order valence-electron chi connectivity index (χ1n) is 18.5. The van der Waals surface area contributed by atoms with Gasteiger partial charge in [-0.05, 0) is 117 Å². The van der Waals surface area contributed by atoms with Gasteiger partial charge in [0.1, 0.15) is 16.7 Å². The number of benzene rings is 9. The van der Waals surface area contributed by atoms with Crippen molar-refractivity contribution in [2.75, 3.05) is 4.90 Å². The van der Waals surface area contributed by atoms with Crippen LogP contribution in [0, 0.1) is 0 Å². The lowest BCUT2D eigenvalue weighted by molar-refractivity contribution is 0.622. The van der Waals surface area contributed by atoms with Crippen molar-refractivity contribution in [2.24, 2.45) is 0 Å². The van der Waals surface area contributed by atoms with Crippen LogP contribution >= 0.6 is 0 Å². The summed E-state index contributed by atoms with van der Waals surface area (Å²) < 4.78 is 12.7. The minimum atomic E-state index is 0.600. The molecular weight excluding hydrogens is 673 g/mol. The molecule has 4 nitrogen and oxygen atoms in total. The van der Waals surface area contributed by atoms with Crippen molar-refractivity contribution in [3.8, 4) is 33.7 Å². The van der Waals surface area contributed by atoms with Crippen LogP contribution in [0.3, 0.4) is 0 Å². The lowest BCUT2D eigenvalue weighted by atomic mass is 10.00. The summed E-state index contributed by atoms with van der Waals surface area (Å²) >= 11 is 0. The molecule has 11 rings (SSSR count). The van der Waals surface area contributed by atoms with Gasteiger partial charge in [-0.1, -0.05) is 121 Å². The molecule has 0 N–H and O–H groups in total. The fraction of sp³-hybridized carbons (Fsp3) is 0. The zero-order chi connectivity index (χ0) is 36.3. The van der Waals surface area contributed by atoms with Crippen molar-refractivity contribution in [1.82, 2.24) is 4.98 Å². The molecule has 11 aromatic rings. The SMILES string of the molecule is c1ccc(-c2cccc(N(c3ccc(-c4ccc5oc6ccc7nc(-c8ccccc8)oc7c6c5c4)cc3)c3ccc4ccc5ccccc5c4c3)c2)cc1. The van der Waals surface area contributed by atoms with Crippen LogP contribution in [0.25, 0.3) is 88.3 Å². The molecule has 4 heteroatoms. The van der Waals surface area contributed by atoms with Crippen LogP contribution in [0.5, 0.6) is 0 Å². The van der Waals surface area contributed by atoms with E-state index >= 15 is 0 Å². The standard InChI is InChI=1S/C51H32N2O2/c1-3-10-33(11-4-1)38-15-9-16-41(30-38)53(42-26-22-36-19-18-35-12-7-8-17-43(35)44(36)32-42)40-24-20-34(21-25-40)39-23-28-47-45(31-39)49-48(54-47)29-27-46-50(49)55-51(52-46)37-13-5-2-6-14-37/h1-32H. The van der Waals surface area contributed by atoms with Crippen molar-refractivity contribution in [3.05, 3.63) is 194 Å². The van der Waals surface area contributed by atoms with E-state index in [1.807, 2.05) is 42.5 Å². The van der Waals surface area contributed by atoms with Crippen LogP contribution < -0.4 is 4.90 Å². The molecule has 0 aliphatic heterocycles. The van der Waals surface area contributed by atoms with Crippen LogP contribution in [0.2, 0.25) is 0 Å². The summed E-state index contributed by atoms with van der Waals surface area (Å²) in [6, 6.07) is 68.4. The lowest BCUT2D eigenvalue weighted by Gasteiger charge is -2.27. The zero-order valence-electron chi connectivity index (χ0n) is 29.7. The van der Waals surface area contributed by atoms with Gasteiger partial charge in [-0.3, -0.25) is 0 Å². The van der Waals surface area contributed by atoms with Gasteiger partial charge in [0.15, 0.2) is 5.58 Å². The Morgan fingerprint density at radius 2 is 0.982 bits per heavy atom. The van der Waals surface area contributed by atoms with E-state index in [4.69, 9.17) is 13.8 Å². The van der Waals surface area contributed by atoms with Crippen LogP contribution in [0.1, 0.15) is 0 Å². The van der Waals surface area contributed by atoms with Crippen molar-refractivity contribution in [3.63, 3.8) is 0 Å². The number of fused-ring (bicyclic) bond motifs is 8. The molecule has 55 heavy (non-hydrogen) atoms. The Morgan fingerprint density at radius 1 is 0.364 bits per heavy atom. The molecule has 0 aliphatic rings. The molecule has 0 amide bonds. The molecule has 0 bridgehead atoms. The number of nitrogens with zero attached hydrogens (tertiary/aromatic N) is 2.